The van der Waals surface area contributed by atoms with Crippen LogP contribution in [0.25, 0.3) is 0 Å². The van der Waals surface area contributed by atoms with E-state index in [1.54, 1.807) is 55.6 Å². The monoisotopic (exact) mass is 304 g/mol. The van der Waals surface area contributed by atoms with Crippen molar-refractivity contribution in [3.63, 3.8) is 0 Å². The van der Waals surface area contributed by atoms with Gasteiger partial charge in [-0.25, -0.2) is 0 Å². The molecule has 0 saturated heterocycles. The van der Waals surface area contributed by atoms with Crippen molar-refractivity contribution in [2.24, 2.45) is 0 Å². The first-order valence-electron chi connectivity index (χ1n) is 6.11. The van der Waals surface area contributed by atoms with Gasteiger partial charge in [0.05, 0.1) is 17.7 Å². The zero-order valence-electron chi connectivity index (χ0n) is 11.2. The van der Waals surface area contributed by atoms with Crippen molar-refractivity contribution >= 4 is 23.4 Å². The van der Waals surface area contributed by atoms with E-state index in [4.69, 9.17) is 16.3 Å². The van der Waals surface area contributed by atoms with Crippen molar-refractivity contribution in [3.05, 3.63) is 64.7 Å². The average molecular weight is 305 g/mol. The van der Waals surface area contributed by atoms with Crippen molar-refractivity contribution in [1.82, 2.24) is 10.9 Å². The Bertz CT molecular complexity index is 656. The molecule has 21 heavy (non-hydrogen) atoms. The van der Waals surface area contributed by atoms with Gasteiger partial charge in [0.2, 0.25) is 0 Å². The first-order valence-corrected chi connectivity index (χ1v) is 6.49. The second-order valence-electron chi connectivity index (χ2n) is 4.12. The normalized spacial score (nSPS) is 9.81. The number of amides is 2. The molecule has 2 aromatic carbocycles. The van der Waals surface area contributed by atoms with Crippen LogP contribution in [-0.2, 0) is 0 Å². The molecule has 0 unspecified atom stereocenters. The second kappa shape index (κ2) is 6.76. The molecule has 0 aliphatic rings. The third-order valence-corrected chi connectivity index (χ3v) is 3.09. The van der Waals surface area contributed by atoms with Gasteiger partial charge < -0.3 is 4.74 Å². The molecule has 0 spiro atoms. The summed E-state index contributed by atoms with van der Waals surface area (Å²) in [6.07, 6.45) is 0. The molecule has 0 atom stereocenters. The minimum atomic E-state index is -0.484. The molecular weight excluding hydrogens is 292 g/mol. The second-order valence-corrected chi connectivity index (χ2v) is 4.52. The fraction of sp³-hybridized carbons (Fsp3) is 0.0667. The fourth-order valence-corrected chi connectivity index (χ4v) is 1.86. The maximum absolute atomic E-state index is 11.9. The number of hydrogen-bond acceptors (Lipinski definition) is 3. The highest BCUT2D eigenvalue weighted by Crippen LogP contribution is 2.14. The molecule has 0 radical (unpaired) electrons. The number of hydrazine groups is 1. The molecule has 0 aromatic heterocycles. The fourth-order valence-electron chi connectivity index (χ4n) is 1.64. The number of benzene rings is 2. The highest BCUT2D eigenvalue weighted by molar-refractivity contribution is 6.33. The Morgan fingerprint density at radius 1 is 0.952 bits per heavy atom. The van der Waals surface area contributed by atoms with E-state index in [9.17, 15) is 9.59 Å². The molecule has 0 aliphatic carbocycles. The zero-order chi connectivity index (χ0) is 15.2. The van der Waals surface area contributed by atoms with Gasteiger partial charge in [-0.2, -0.15) is 0 Å². The van der Waals surface area contributed by atoms with Crippen molar-refractivity contribution < 1.29 is 14.3 Å². The van der Waals surface area contributed by atoms with Crippen LogP contribution in [0.3, 0.4) is 0 Å². The van der Waals surface area contributed by atoms with Gasteiger partial charge in [-0.15, -0.1) is 0 Å². The average Bonchev–Trinajstić information content (AvgIpc) is 2.52. The predicted molar refractivity (Wildman–Crippen MR) is 79.4 cm³/mol. The smallest absolute Gasteiger partial charge is 0.271 e. The number of nitrogens with one attached hydrogen (secondary N) is 2. The van der Waals surface area contributed by atoms with Crippen LogP contribution in [0.1, 0.15) is 20.7 Å². The zero-order valence-corrected chi connectivity index (χ0v) is 12.0. The topological polar surface area (TPSA) is 67.4 Å². The number of halogens is 1. The maximum atomic E-state index is 11.9. The summed E-state index contributed by atoms with van der Waals surface area (Å²) in [4.78, 5) is 23.7. The van der Waals surface area contributed by atoms with Gasteiger partial charge in [0.25, 0.3) is 11.8 Å². The molecule has 2 aromatic rings. The first kappa shape index (κ1) is 14.9. The Morgan fingerprint density at radius 2 is 1.57 bits per heavy atom. The third kappa shape index (κ3) is 3.73. The minimum absolute atomic E-state index is 0.286. The van der Waals surface area contributed by atoms with Crippen molar-refractivity contribution in [2.75, 3.05) is 7.11 Å². The molecular formula is C15H13ClN2O3. The van der Waals surface area contributed by atoms with Crippen LogP contribution >= 0.6 is 11.6 Å². The van der Waals surface area contributed by atoms with Gasteiger partial charge in [0, 0.05) is 5.56 Å². The summed E-state index contributed by atoms with van der Waals surface area (Å²) in [5, 5.41) is 0.314. The van der Waals surface area contributed by atoms with Crippen LogP contribution in [0.4, 0.5) is 0 Å². The SMILES string of the molecule is COc1ccc(C(=O)NNC(=O)c2ccccc2Cl)cc1. The quantitative estimate of drug-likeness (QED) is 0.856. The molecule has 108 valence electrons. The highest BCUT2D eigenvalue weighted by Gasteiger charge is 2.11. The summed E-state index contributed by atoms with van der Waals surface area (Å²) in [5.74, 6) is -0.271. The number of hydrogen-bond donors (Lipinski definition) is 2. The summed E-state index contributed by atoms with van der Waals surface area (Å²) in [6, 6.07) is 13.1. The number of carbonyl (C=O) groups excluding carboxylic acids is 2. The lowest BCUT2D eigenvalue weighted by atomic mass is 10.2. The largest absolute Gasteiger partial charge is 0.497 e. The van der Waals surface area contributed by atoms with Crippen molar-refractivity contribution in [1.29, 1.82) is 0 Å². The Labute approximate surface area is 126 Å². The van der Waals surface area contributed by atoms with E-state index in [-0.39, 0.29) is 5.56 Å². The minimum Gasteiger partial charge on any atom is -0.497 e. The maximum Gasteiger partial charge on any atom is 0.271 e. The lowest BCUT2D eigenvalue weighted by Gasteiger charge is -2.08. The molecule has 0 heterocycles. The Morgan fingerprint density at radius 3 is 2.19 bits per heavy atom. The summed E-state index contributed by atoms with van der Waals surface area (Å²) < 4.78 is 5.00. The van der Waals surface area contributed by atoms with Gasteiger partial charge in [-0.05, 0) is 36.4 Å². The van der Waals surface area contributed by atoms with E-state index >= 15 is 0 Å². The van der Waals surface area contributed by atoms with Crippen molar-refractivity contribution in [2.45, 2.75) is 0 Å². The van der Waals surface area contributed by atoms with Crippen LogP contribution in [0.5, 0.6) is 5.75 Å². The standard InChI is InChI=1S/C15H13ClN2O3/c1-21-11-8-6-10(7-9-11)14(19)17-18-15(20)12-4-2-3-5-13(12)16/h2-9H,1H3,(H,17,19)(H,18,20). The Hall–Kier alpha value is -2.53. The Kier molecular flexibility index (Phi) is 4.79. The van der Waals surface area contributed by atoms with E-state index in [1.807, 2.05) is 0 Å². The summed E-state index contributed by atoms with van der Waals surface area (Å²) in [6.45, 7) is 0. The van der Waals surface area contributed by atoms with E-state index < -0.39 is 11.8 Å². The number of ether oxygens (including phenoxy) is 1. The molecule has 0 aliphatic heterocycles. The van der Waals surface area contributed by atoms with Gasteiger partial charge in [0.1, 0.15) is 5.75 Å². The lowest BCUT2D eigenvalue weighted by Crippen LogP contribution is -2.41. The summed E-state index contributed by atoms with van der Waals surface area (Å²) in [5.41, 5.74) is 5.32. The van der Waals surface area contributed by atoms with E-state index in [1.165, 1.54) is 0 Å². The van der Waals surface area contributed by atoms with Crippen molar-refractivity contribution in [3.8, 4) is 5.75 Å². The van der Waals surface area contributed by atoms with Gasteiger partial charge in [-0.3, -0.25) is 20.4 Å². The van der Waals surface area contributed by atoms with Crippen LogP contribution < -0.4 is 15.6 Å². The number of rotatable bonds is 3. The molecule has 0 fully saturated rings. The molecule has 0 saturated carbocycles. The number of methoxy groups -OCH3 is 1. The molecule has 2 amide bonds. The number of carbonyl (C=O) groups is 2. The molecule has 6 heteroatoms. The van der Waals surface area contributed by atoms with Gasteiger partial charge in [-0.1, -0.05) is 23.7 Å². The molecule has 5 nitrogen and oxygen atoms in total. The van der Waals surface area contributed by atoms with Crippen LogP contribution in [0, 0.1) is 0 Å². The lowest BCUT2D eigenvalue weighted by molar-refractivity contribution is 0.0846. The van der Waals surface area contributed by atoms with E-state index in [2.05, 4.69) is 10.9 Å². The predicted octanol–water partition coefficient (Wildman–Crippen LogP) is 2.42. The molecule has 0 bridgehead atoms. The highest BCUT2D eigenvalue weighted by atomic mass is 35.5. The summed E-state index contributed by atoms with van der Waals surface area (Å²) in [7, 11) is 1.54. The Balaban J connectivity index is 1.97. The van der Waals surface area contributed by atoms with Crippen LogP contribution in [0.2, 0.25) is 5.02 Å². The van der Waals surface area contributed by atoms with E-state index in [0.29, 0.717) is 16.3 Å². The summed E-state index contributed by atoms with van der Waals surface area (Å²) >= 11 is 5.90. The van der Waals surface area contributed by atoms with E-state index in [0.717, 1.165) is 0 Å². The molecule has 2 N–H and O–H groups in total. The molecule has 2 rings (SSSR count). The third-order valence-electron chi connectivity index (χ3n) is 2.76. The van der Waals surface area contributed by atoms with Gasteiger partial charge in [0.15, 0.2) is 0 Å². The van der Waals surface area contributed by atoms with Crippen LogP contribution in [-0.4, -0.2) is 18.9 Å². The first-order chi connectivity index (χ1) is 10.1. The van der Waals surface area contributed by atoms with Crippen LogP contribution in [0.15, 0.2) is 48.5 Å². The van der Waals surface area contributed by atoms with Gasteiger partial charge >= 0.3 is 0 Å².